The molecule has 0 unspecified atom stereocenters. The van der Waals surface area contributed by atoms with E-state index >= 15 is 0 Å². The van der Waals surface area contributed by atoms with Gasteiger partial charge in [-0.1, -0.05) is 42.5 Å². The van der Waals surface area contributed by atoms with Gasteiger partial charge in [-0.3, -0.25) is 0 Å². The first-order chi connectivity index (χ1) is 11.7. The molecule has 0 spiro atoms. The minimum Gasteiger partial charge on any atom is -0.492 e. The van der Waals surface area contributed by atoms with E-state index < -0.39 is 5.97 Å². The lowest BCUT2D eigenvalue weighted by atomic mass is 10.1. The molecular formula is C19H18FNO3. The Hall–Kier alpha value is -2.66. The van der Waals surface area contributed by atoms with Gasteiger partial charge in [0.1, 0.15) is 30.4 Å². The lowest BCUT2D eigenvalue weighted by molar-refractivity contribution is -0.134. The van der Waals surface area contributed by atoms with Crippen LogP contribution in [0.15, 0.2) is 60.4 Å². The number of rotatable bonds is 7. The lowest BCUT2D eigenvalue weighted by Gasteiger charge is -2.09. The standard InChI is InChI=1S/C19H18FNO3/c20-16-8-6-15(7-9-16)18-17(13-24-19(18)22)23-11-10-21-12-14-4-2-1-3-5-14/h1-9,21H,10-13H2. The molecule has 1 aliphatic rings. The van der Waals surface area contributed by atoms with Gasteiger partial charge in [0.15, 0.2) is 0 Å². The minimum atomic E-state index is -0.436. The third-order valence-corrected chi connectivity index (χ3v) is 3.68. The van der Waals surface area contributed by atoms with Gasteiger partial charge >= 0.3 is 5.97 Å². The zero-order valence-electron chi connectivity index (χ0n) is 13.1. The first-order valence-corrected chi connectivity index (χ1v) is 7.77. The average molecular weight is 327 g/mol. The summed E-state index contributed by atoms with van der Waals surface area (Å²) in [6.45, 7) is 1.93. The third-order valence-electron chi connectivity index (χ3n) is 3.68. The van der Waals surface area contributed by atoms with Crippen LogP contribution in [0.5, 0.6) is 0 Å². The lowest BCUT2D eigenvalue weighted by Crippen LogP contribution is -2.19. The smallest absolute Gasteiger partial charge is 0.342 e. The molecule has 0 saturated carbocycles. The number of nitrogens with one attached hydrogen (secondary N) is 1. The van der Waals surface area contributed by atoms with Gasteiger partial charge in [-0.25, -0.2) is 9.18 Å². The molecule has 0 saturated heterocycles. The van der Waals surface area contributed by atoms with Crippen molar-refractivity contribution in [1.82, 2.24) is 5.32 Å². The Kier molecular flexibility index (Phi) is 5.23. The zero-order valence-corrected chi connectivity index (χ0v) is 13.1. The van der Waals surface area contributed by atoms with Gasteiger partial charge in [-0.15, -0.1) is 0 Å². The van der Waals surface area contributed by atoms with Crippen LogP contribution in [0.25, 0.3) is 5.57 Å². The normalized spacial score (nSPS) is 14.0. The van der Waals surface area contributed by atoms with Crippen LogP contribution in [0.1, 0.15) is 11.1 Å². The largest absolute Gasteiger partial charge is 0.492 e. The highest BCUT2D eigenvalue weighted by atomic mass is 19.1. The highest BCUT2D eigenvalue weighted by Gasteiger charge is 2.27. The second-order valence-electron chi connectivity index (χ2n) is 5.39. The maximum atomic E-state index is 13.0. The summed E-state index contributed by atoms with van der Waals surface area (Å²) in [6.07, 6.45) is 0. The fourth-order valence-corrected chi connectivity index (χ4v) is 2.47. The molecule has 0 fully saturated rings. The van der Waals surface area contributed by atoms with Crippen molar-refractivity contribution in [3.63, 3.8) is 0 Å². The van der Waals surface area contributed by atoms with E-state index in [0.717, 1.165) is 6.54 Å². The molecule has 24 heavy (non-hydrogen) atoms. The number of hydrogen-bond acceptors (Lipinski definition) is 4. The van der Waals surface area contributed by atoms with Gasteiger partial charge in [0.05, 0.1) is 0 Å². The Morgan fingerprint density at radius 1 is 1.08 bits per heavy atom. The molecular weight excluding hydrogens is 309 g/mol. The first-order valence-electron chi connectivity index (χ1n) is 7.77. The second kappa shape index (κ2) is 7.75. The Labute approximate surface area is 139 Å². The van der Waals surface area contributed by atoms with Gasteiger partial charge in [0.25, 0.3) is 0 Å². The van der Waals surface area contributed by atoms with Crippen molar-refractivity contribution in [3.05, 3.63) is 77.3 Å². The van der Waals surface area contributed by atoms with Crippen molar-refractivity contribution >= 4 is 11.5 Å². The minimum absolute atomic E-state index is 0.115. The molecule has 0 atom stereocenters. The summed E-state index contributed by atoms with van der Waals surface area (Å²) in [5.41, 5.74) is 2.17. The van der Waals surface area contributed by atoms with Crippen LogP contribution in [0.3, 0.4) is 0 Å². The number of carbonyl (C=O) groups excluding carboxylic acids is 1. The molecule has 1 N–H and O–H groups in total. The summed E-state index contributed by atoms with van der Waals surface area (Å²) in [6, 6.07) is 15.8. The highest BCUT2D eigenvalue weighted by Crippen LogP contribution is 2.27. The number of cyclic esters (lactones) is 1. The number of esters is 1. The number of hydrogen-bond donors (Lipinski definition) is 1. The Balaban J connectivity index is 1.54. The summed E-state index contributed by atoms with van der Waals surface area (Å²) in [5, 5.41) is 3.28. The molecule has 124 valence electrons. The fourth-order valence-electron chi connectivity index (χ4n) is 2.47. The molecule has 1 aliphatic heterocycles. The molecule has 0 aliphatic carbocycles. The Bertz CT molecular complexity index is 726. The molecule has 2 aromatic rings. The van der Waals surface area contributed by atoms with Crippen molar-refractivity contribution < 1.29 is 18.7 Å². The predicted octanol–water partition coefficient (Wildman–Crippen LogP) is 2.90. The first kappa shape index (κ1) is 16.2. The van der Waals surface area contributed by atoms with Gasteiger partial charge in [0.2, 0.25) is 0 Å². The molecule has 3 rings (SSSR count). The molecule has 0 aromatic heterocycles. The molecule has 5 heteroatoms. The summed E-state index contributed by atoms with van der Waals surface area (Å²) in [5.74, 6) is -0.291. The van der Waals surface area contributed by atoms with E-state index in [1.165, 1.54) is 17.7 Å². The monoisotopic (exact) mass is 327 g/mol. The number of carbonyl (C=O) groups is 1. The summed E-state index contributed by atoms with van der Waals surface area (Å²) >= 11 is 0. The third kappa shape index (κ3) is 4.00. The van der Waals surface area contributed by atoms with Crippen LogP contribution in [0, 0.1) is 5.82 Å². The summed E-state index contributed by atoms with van der Waals surface area (Å²) < 4.78 is 23.7. The fraction of sp³-hybridized carbons (Fsp3) is 0.211. The van der Waals surface area contributed by atoms with Crippen LogP contribution in [-0.2, 0) is 20.8 Å². The number of benzene rings is 2. The van der Waals surface area contributed by atoms with E-state index in [4.69, 9.17) is 9.47 Å². The van der Waals surface area contributed by atoms with E-state index in [2.05, 4.69) is 5.32 Å². The van der Waals surface area contributed by atoms with Crippen LogP contribution in [0.4, 0.5) is 4.39 Å². The van der Waals surface area contributed by atoms with E-state index in [1.807, 2.05) is 30.3 Å². The Morgan fingerprint density at radius 3 is 2.58 bits per heavy atom. The van der Waals surface area contributed by atoms with E-state index in [-0.39, 0.29) is 12.4 Å². The van der Waals surface area contributed by atoms with Gasteiger partial charge in [0, 0.05) is 13.1 Å². The molecule has 1 heterocycles. The summed E-state index contributed by atoms with van der Waals surface area (Å²) in [4.78, 5) is 11.9. The SMILES string of the molecule is O=C1OCC(OCCNCc2ccccc2)=C1c1ccc(F)cc1. The van der Waals surface area contributed by atoms with Crippen LogP contribution >= 0.6 is 0 Å². The van der Waals surface area contributed by atoms with Crippen LogP contribution < -0.4 is 5.32 Å². The average Bonchev–Trinajstić information content (AvgIpc) is 2.97. The van der Waals surface area contributed by atoms with Gasteiger partial charge < -0.3 is 14.8 Å². The van der Waals surface area contributed by atoms with Gasteiger partial charge in [-0.2, -0.15) is 0 Å². The molecule has 4 nitrogen and oxygen atoms in total. The van der Waals surface area contributed by atoms with Crippen molar-refractivity contribution in [2.45, 2.75) is 6.54 Å². The van der Waals surface area contributed by atoms with Crippen molar-refractivity contribution in [2.75, 3.05) is 19.8 Å². The Morgan fingerprint density at radius 2 is 1.83 bits per heavy atom. The van der Waals surface area contributed by atoms with Gasteiger partial charge in [-0.05, 0) is 23.3 Å². The number of ether oxygens (including phenoxy) is 2. The van der Waals surface area contributed by atoms with Crippen molar-refractivity contribution in [3.8, 4) is 0 Å². The highest BCUT2D eigenvalue weighted by molar-refractivity contribution is 6.18. The van der Waals surface area contributed by atoms with Crippen LogP contribution in [0.2, 0.25) is 0 Å². The van der Waals surface area contributed by atoms with E-state index in [0.29, 0.717) is 30.0 Å². The summed E-state index contributed by atoms with van der Waals surface area (Å²) in [7, 11) is 0. The molecule has 0 bridgehead atoms. The molecule has 0 amide bonds. The maximum absolute atomic E-state index is 13.0. The maximum Gasteiger partial charge on any atom is 0.342 e. The predicted molar refractivity (Wildman–Crippen MR) is 88.4 cm³/mol. The second-order valence-corrected chi connectivity index (χ2v) is 5.39. The van der Waals surface area contributed by atoms with Crippen LogP contribution in [-0.4, -0.2) is 25.7 Å². The number of halogens is 1. The van der Waals surface area contributed by atoms with E-state index in [9.17, 15) is 9.18 Å². The van der Waals surface area contributed by atoms with E-state index in [1.54, 1.807) is 12.1 Å². The topological polar surface area (TPSA) is 47.6 Å². The zero-order chi connectivity index (χ0) is 16.8. The van der Waals surface area contributed by atoms with Crippen molar-refractivity contribution in [1.29, 1.82) is 0 Å². The quantitative estimate of drug-likeness (QED) is 0.627. The molecule has 0 radical (unpaired) electrons. The molecule has 2 aromatic carbocycles. The van der Waals surface area contributed by atoms with Crippen molar-refractivity contribution in [2.24, 2.45) is 0 Å².